The minimum Gasteiger partial charge on any atom is -0.339 e. The Balaban J connectivity index is 1.51. The van der Waals surface area contributed by atoms with Gasteiger partial charge in [0.05, 0.1) is 5.69 Å². The lowest BCUT2D eigenvalue weighted by Gasteiger charge is -2.32. The molecule has 1 fully saturated rings. The molecule has 2 aromatic heterocycles. The molecule has 8 heteroatoms. The van der Waals surface area contributed by atoms with Crippen molar-refractivity contribution in [1.82, 2.24) is 25.3 Å². The van der Waals surface area contributed by atoms with E-state index in [1.165, 1.54) is 4.68 Å². The number of carbonyl (C=O) groups is 2. The van der Waals surface area contributed by atoms with Gasteiger partial charge in [0.25, 0.3) is 5.91 Å². The zero-order valence-corrected chi connectivity index (χ0v) is 19.7. The summed E-state index contributed by atoms with van der Waals surface area (Å²) in [6, 6.07) is 8.80. The Morgan fingerprint density at radius 2 is 1.79 bits per heavy atom. The molecule has 1 aliphatic carbocycles. The Bertz CT molecular complexity index is 1100. The van der Waals surface area contributed by atoms with Crippen molar-refractivity contribution >= 4 is 17.5 Å². The van der Waals surface area contributed by atoms with E-state index in [1.54, 1.807) is 19.3 Å². The second-order valence-corrected chi connectivity index (χ2v) is 9.19. The van der Waals surface area contributed by atoms with Crippen molar-refractivity contribution in [3.63, 3.8) is 0 Å². The Labute approximate surface area is 194 Å². The molecule has 0 spiro atoms. The summed E-state index contributed by atoms with van der Waals surface area (Å²) in [5, 5.41) is 17.3. The standard InChI is InChI=1S/C25H32N6O2/c1-15-5-7-19(8-6-15)23(28-24(32)21-13-14-26-31(21)4)25(33)27-20-11-9-18(10-12-20)22-16(2)29-30-17(22)3/h9-15,19,23H,5-8H2,1-4H3,(H,27,33)(H,28,32)(H,29,30). The minimum absolute atomic E-state index is 0.105. The fourth-order valence-corrected chi connectivity index (χ4v) is 4.74. The lowest BCUT2D eigenvalue weighted by Crippen LogP contribution is -2.49. The molecule has 0 bridgehead atoms. The van der Waals surface area contributed by atoms with Crippen molar-refractivity contribution in [2.24, 2.45) is 18.9 Å². The van der Waals surface area contributed by atoms with Crippen LogP contribution in [-0.2, 0) is 11.8 Å². The summed E-state index contributed by atoms with van der Waals surface area (Å²) >= 11 is 0. The molecule has 1 unspecified atom stereocenters. The van der Waals surface area contributed by atoms with Crippen LogP contribution in [0.4, 0.5) is 5.69 Å². The second kappa shape index (κ2) is 9.60. The largest absolute Gasteiger partial charge is 0.339 e. The van der Waals surface area contributed by atoms with Crippen molar-refractivity contribution in [3.05, 3.63) is 53.6 Å². The molecule has 174 valence electrons. The zero-order valence-electron chi connectivity index (χ0n) is 19.7. The number of aromatic nitrogens is 4. The molecular weight excluding hydrogens is 416 g/mol. The van der Waals surface area contributed by atoms with E-state index in [-0.39, 0.29) is 17.7 Å². The Morgan fingerprint density at radius 1 is 1.09 bits per heavy atom. The van der Waals surface area contributed by atoms with Gasteiger partial charge in [0.2, 0.25) is 5.91 Å². The number of benzene rings is 1. The van der Waals surface area contributed by atoms with Crippen LogP contribution in [-0.4, -0.2) is 37.8 Å². The molecule has 2 amide bonds. The minimum atomic E-state index is -0.599. The van der Waals surface area contributed by atoms with Gasteiger partial charge < -0.3 is 10.6 Å². The highest BCUT2D eigenvalue weighted by atomic mass is 16.2. The predicted octanol–water partition coefficient (Wildman–Crippen LogP) is 3.99. The van der Waals surface area contributed by atoms with Crippen LogP contribution in [0, 0.1) is 25.7 Å². The summed E-state index contributed by atoms with van der Waals surface area (Å²) in [5.41, 5.74) is 5.20. The zero-order chi connectivity index (χ0) is 23.5. The van der Waals surface area contributed by atoms with Gasteiger partial charge in [-0.3, -0.25) is 19.4 Å². The third kappa shape index (κ3) is 4.99. The van der Waals surface area contributed by atoms with E-state index in [1.807, 2.05) is 38.1 Å². The fourth-order valence-electron chi connectivity index (χ4n) is 4.74. The van der Waals surface area contributed by atoms with Crippen molar-refractivity contribution in [2.45, 2.75) is 52.5 Å². The molecule has 0 saturated heterocycles. The quantitative estimate of drug-likeness (QED) is 0.530. The first-order valence-corrected chi connectivity index (χ1v) is 11.5. The van der Waals surface area contributed by atoms with Crippen molar-refractivity contribution < 1.29 is 9.59 Å². The molecule has 1 atom stereocenters. The van der Waals surface area contributed by atoms with E-state index < -0.39 is 6.04 Å². The van der Waals surface area contributed by atoms with E-state index >= 15 is 0 Å². The van der Waals surface area contributed by atoms with E-state index in [0.717, 1.165) is 48.2 Å². The average Bonchev–Trinajstić information content (AvgIpc) is 3.38. The van der Waals surface area contributed by atoms with Gasteiger partial charge in [-0.05, 0) is 62.3 Å². The van der Waals surface area contributed by atoms with Crippen LogP contribution < -0.4 is 10.6 Å². The molecule has 8 nitrogen and oxygen atoms in total. The Morgan fingerprint density at radius 3 is 2.36 bits per heavy atom. The third-order valence-electron chi connectivity index (χ3n) is 6.72. The highest BCUT2D eigenvalue weighted by molar-refractivity contribution is 6.00. The number of hydrogen-bond acceptors (Lipinski definition) is 4. The summed E-state index contributed by atoms with van der Waals surface area (Å²) in [5.74, 6) is 0.289. The summed E-state index contributed by atoms with van der Waals surface area (Å²) < 4.78 is 1.52. The molecule has 4 rings (SSSR count). The highest BCUT2D eigenvalue weighted by Crippen LogP contribution is 2.31. The molecule has 1 aromatic carbocycles. The van der Waals surface area contributed by atoms with Crippen LogP contribution >= 0.6 is 0 Å². The van der Waals surface area contributed by atoms with Gasteiger partial charge in [-0.2, -0.15) is 10.2 Å². The Kier molecular flexibility index (Phi) is 6.62. The molecule has 33 heavy (non-hydrogen) atoms. The van der Waals surface area contributed by atoms with E-state index in [9.17, 15) is 9.59 Å². The van der Waals surface area contributed by atoms with Crippen LogP contribution in [0.1, 0.15) is 54.5 Å². The van der Waals surface area contributed by atoms with Crippen LogP contribution in [0.25, 0.3) is 11.1 Å². The van der Waals surface area contributed by atoms with Crippen LogP contribution in [0.5, 0.6) is 0 Å². The number of hydrogen-bond donors (Lipinski definition) is 3. The van der Waals surface area contributed by atoms with Crippen molar-refractivity contribution in [1.29, 1.82) is 0 Å². The lowest BCUT2D eigenvalue weighted by atomic mass is 9.79. The fraction of sp³-hybridized carbons (Fsp3) is 0.440. The van der Waals surface area contributed by atoms with Gasteiger partial charge in [-0.1, -0.05) is 31.9 Å². The first-order chi connectivity index (χ1) is 15.8. The number of anilines is 1. The monoisotopic (exact) mass is 448 g/mol. The topological polar surface area (TPSA) is 105 Å². The van der Waals surface area contributed by atoms with E-state index in [0.29, 0.717) is 17.3 Å². The maximum atomic E-state index is 13.3. The first kappa shape index (κ1) is 22.8. The van der Waals surface area contributed by atoms with Crippen LogP contribution in [0.3, 0.4) is 0 Å². The molecule has 3 aromatic rings. The summed E-state index contributed by atoms with van der Waals surface area (Å²) in [4.78, 5) is 26.2. The number of amides is 2. The normalized spacial score (nSPS) is 19.2. The molecule has 3 N–H and O–H groups in total. The molecule has 0 radical (unpaired) electrons. The second-order valence-electron chi connectivity index (χ2n) is 9.19. The summed E-state index contributed by atoms with van der Waals surface area (Å²) in [6.07, 6.45) is 5.55. The number of rotatable bonds is 6. The highest BCUT2D eigenvalue weighted by Gasteiger charge is 2.33. The first-order valence-electron chi connectivity index (χ1n) is 11.5. The van der Waals surface area contributed by atoms with E-state index in [2.05, 4.69) is 32.9 Å². The number of nitrogens with one attached hydrogen (secondary N) is 3. The van der Waals surface area contributed by atoms with Crippen LogP contribution in [0.2, 0.25) is 0 Å². The van der Waals surface area contributed by atoms with Crippen LogP contribution in [0.15, 0.2) is 36.5 Å². The molecule has 0 aliphatic heterocycles. The van der Waals surface area contributed by atoms with Crippen molar-refractivity contribution in [3.8, 4) is 11.1 Å². The summed E-state index contributed by atoms with van der Waals surface area (Å²) in [7, 11) is 1.72. The molecular formula is C25H32N6O2. The number of aryl methyl sites for hydroxylation is 3. The summed E-state index contributed by atoms with van der Waals surface area (Å²) in [6.45, 7) is 6.20. The molecule has 2 heterocycles. The third-order valence-corrected chi connectivity index (χ3v) is 6.72. The van der Waals surface area contributed by atoms with Gasteiger partial charge in [0.15, 0.2) is 0 Å². The molecule has 1 aliphatic rings. The number of H-pyrrole nitrogens is 1. The Hall–Kier alpha value is -3.42. The van der Waals surface area contributed by atoms with Gasteiger partial charge >= 0.3 is 0 Å². The lowest BCUT2D eigenvalue weighted by molar-refractivity contribution is -0.119. The smallest absolute Gasteiger partial charge is 0.270 e. The maximum absolute atomic E-state index is 13.3. The average molecular weight is 449 g/mol. The van der Waals surface area contributed by atoms with Gasteiger partial charge in [-0.15, -0.1) is 0 Å². The van der Waals surface area contributed by atoms with E-state index in [4.69, 9.17) is 0 Å². The SMILES string of the molecule is Cc1n[nH]c(C)c1-c1ccc(NC(=O)C(NC(=O)c2ccnn2C)C2CCC(C)CC2)cc1. The van der Waals surface area contributed by atoms with Gasteiger partial charge in [0.1, 0.15) is 11.7 Å². The van der Waals surface area contributed by atoms with Gasteiger partial charge in [0, 0.05) is 30.2 Å². The number of nitrogens with zero attached hydrogens (tertiary/aromatic N) is 3. The maximum Gasteiger partial charge on any atom is 0.270 e. The van der Waals surface area contributed by atoms with Crippen molar-refractivity contribution in [2.75, 3.05) is 5.32 Å². The predicted molar refractivity (Wildman–Crippen MR) is 128 cm³/mol. The number of carbonyl (C=O) groups excluding carboxylic acids is 2. The molecule has 1 saturated carbocycles. The number of aromatic amines is 1. The van der Waals surface area contributed by atoms with Gasteiger partial charge in [-0.25, -0.2) is 0 Å².